The number of hydrogen-bond acceptors (Lipinski definition) is 7. The Morgan fingerprint density at radius 1 is 1.06 bits per heavy atom. The van der Waals surface area contributed by atoms with Crippen LogP contribution in [0.25, 0.3) is 0 Å². The molecule has 0 bridgehead atoms. The van der Waals surface area contributed by atoms with E-state index in [1.54, 1.807) is 45.0 Å². The Morgan fingerprint density at radius 3 is 2.34 bits per heavy atom. The highest BCUT2D eigenvalue weighted by molar-refractivity contribution is 6.31. The van der Waals surface area contributed by atoms with Gasteiger partial charge in [0.2, 0.25) is 6.79 Å². The van der Waals surface area contributed by atoms with Gasteiger partial charge in [0, 0.05) is 24.1 Å². The number of Topliss-reactive ketones (excluding diaryl/α,β-unsaturated/α-hetero) is 1. The fourth-order valence-electron chi connectivity index (χ4n) is 3.70. The molecule has 32 heavy (non-hydrogen) atoms. The van der Waals surface area contributed by atoms with Gasteiger partial charge < -0.3 is 14.2 Å². The molecule has 1 fully saturated rings. The molecule has 1 amide bonds. The molecule has 0 aromatic heterocycles. The number of halogens is 1. The van der Waals surface area contributed by atoms with Gasteiger partial charge in [-0.3, -0.25) is 19.3 Å². The van der Waals surface area contributed by atoms with Crippen molar-refractivity contribution in [3.05, 3.63) is 34.9 Å². The summed E-state index contributed by atoms with van der Waals surface area (Å²) in [6, 6.07) is 6.91. The molecule has 8 nitrogen and oxygen atoms in total. The molecular weight excluding hydrogens is 438 g/mol. The summed E-state index contributed by atoms with van der Waals surface area (Å²) < 4.78 is 15.1. The maximum absolute atomic E-state index is 13.0. The molecule has 0 heterocycles. The second kappa shape index (κ2) is 10.8. The van der Waals surface area contributed by atoms with E-state index >= 15 is 0 Å². The second-order valence-electron chi connectivity index (χ2n) is 8.66. The Morgan fingerprint density at radius 2 is 1.72 bits per heavy atom. The molecule has 0 N–H and O–H groups in total. The topological polar surface area (TPSA) is 99.2 Å². The van der Waals surface area contributed by atoms with Gasteiger partial charge in [0.15, 0.2) is 5.78 Å². The number of rotatable bonds is 7. The normalized spacial score (nSPS) is 18.6. The number of amides is 1. The summed E-state index contributed by atoms with van der Waals surface area (Å²) >= 11 is 6.37. The molecule has 1 aliphatic rings. The number of hydrogen-bond donors (Lipinski definition) is 0. The highest BCUT2D eigenvalue weighted by Gasteiger charge is 2.48. The number of benzene rings is 1. The first kappa shape index (κ1) is 25.6. The molecule has 1 aromatic carbocycles. The summed E-state index contributed by atoms with van der Waals surface area (Å²) in [4.78, 5) is 50.5. The van der Waals surface area contributed by atoms with Crippen molar-refractivity contribution in [2.24, 2.45) is 0 Å². The van der Waals surface area contributed by atoms with Gasteiger partial charge in [0.1, 0.15) is 11.1 Å². The minimum atomic E-state index is -1.24. The van der Waals surface area contributed by atoms with Crippen molar-refractivity contribution >= 4 is 35.4 Å². The first-order chi connectivity index (χ1) is 15.0. The van der Waals surface area contributed by atoms with Crippen LogP contribution in [0.2, 0.25) is 5.02 Å². The van der Waals surface area contributed by atoms with Crippen LogP contribution in [0.15, 0.2) is 24.3 Å². The fourth-order valence-corrected chi connectivity index (χ4v) is 3.99. The Kier molecular flexibility index (Phi) is 8.66. The predicted octanol–water partition coefficient (Wildman–Crippen LogP) is 4.37. The lowest BCUT2D eigenvalue weighted by atomic mass is 9.74. The Bertz CT molecular complexity index is 864. The van der Waals surface area contributed by atoms with E-state index in [2.05, 4.69) is 0 Å². The third-order valence-corrected chi connectivity index (χ3v) is 5.50. The summed E-state index contributed by atoms with van der Waals surface area (Å²) in [5, 5.41) is 0.385. The van der Waals surface area contributed by atoms with Gasteiger partial charge in [0.25, 0.3) is 0 Å². The quantitative estimate of drug-likeness (QED) is 0.433. The van der Waals surface area contributed by atoms with Crippen LogP contribution in [0, 0.1) is 0 Å². The first-order valence-electron chi connectivity index (χ1n) is 10.5. The van der Waals surface area contributed by atoms with Crippen LogP contribution < -0.4 is 0 Å². The van der Waals surface area contributed by atoms with E-state index in [-0.39, 0.29) is 18.6 Å². The number of esters is 2. The number of carbonyl (C=O) groups is 4. The second-order valence-corrected chi connectivity index (χ2v) is 9.07. The molecule has 0 saturated heterocycles. The van der Waals surface area contributed by atoms with Crippen molar-refractivity contribution in [2.75, 3.05) is 13.8 Å². The molecule has 0 radical (unpaired) electrons. The van der Waals surface area contributed by atoms with Gasteiger partial charge in [0.05, 0.1) is 12.8 Å². The molecule has 0 spiro atoms. The molecule has 0 aliphatic heterocycles. The average molecular weight is 468 g/mol. The standard InChI is InChI=1S/C23H30ClNO7/c1-22(2,3)32-20(28)13-12-19(27)30-15-31-21(29)25(4)23(14-8-7-11-18(23)26)16-9-5-6-10-17(16)24/h5-6,9-10H,7-8,11-15H2,1-4H3/t23-/m0/s1. The highest BCUT2D eigenvalue weighted by Crippen LogP contribution is 2.42. The van der Waals surface area contributed by atoms with Gasteiger partial charge in [-0.1, -0.05) is 29.8 Å². The van der Waals surface area contributed by atoms with Gasteiger partial charge >= 0.3 is 18.0 Å². The number of likely N-dealkylation sites (N-methyl/N-ethyl adjacent to an activating group) is 1. The van der Waals surface area contributed by atoms with Crippen LogP contribution in [0.5, 0.6) is 0 Å². The molecule has 9 heteroatoms. The van der Waals surface area contributed by atoms with Crippen molar-refractivity contribution in [1.82, 2.24) is 4.90 Å². The zero-order chi connectivity index (χ0) is 23.9. The summed E-state index contributed by atoms with van der Waals surface area (Å²) in [6.45, 7) is 4.55. The number of ketones is 1. The minimum Gasteiger partial charge on any atom is -0.460 e. The average Bonchev–Trinajstić information content (AvgIpc) is 2.71. The maximum atomic E-state index is 13.0. The van der Waals surface area contributed by atoms with Gasteiger partial charge in [-0.05, 0) is 46.1 Å². The molecule has 1 aliphatic carbocycles. The minimum absolute atomic E-state index is 0.120. The summed E-state index contributed by atoms with van der Waals surface area (Å²) in [5.74, 6) is -1.35. The number of ether oxygens (including phenoxy) is 3. The van der Waals surface area contributed by atoms with Crippen LogP contribution in [0.4, 0.5) is 4.79 Å². The number of carbonyl (C=O) groups excluding carboxylic acids is 4. The number of nitrogens with zero attached hydrogens (tertiary/aromatic N) is 1. The van der Waals surface area contributed by atoms with Crippen LogP contribution in [0.1, 0.15) is 64.9 Å². The predicted molar refractivity (Wildman–Crippen MR) is 117 cm³/mol. The lowest BCUT2D eigenvalue weighted by molar-refractivity contribution is -0.161. The van der Waals surface area contributed by atoms with Crippen LogP contribution in [0.3, 0.4) is 0 Å². The molecule has 1 saturated carbocycles. The third-order valence-electron chi connectivity index (χ3n) is 5.18. The lowest BCUT2D eigenvalue weighted by Crippen LogP contribution is -2.54. The zero-order valence-electron chi connectivity index (χ0n) is 18.9. The van der Waals surface area contributed by atoms with E-state index in [0.29, 0.717) is 23.4 Å². The van der Waals surface area contributed by atoms with Crippen LogP contribution >= 0.6 is 11.6 Å². The van der Waals surface area contributed by atoms with Gasteiger partial charge in [-0.15, -0.1) is 0 Å². The maximum Gasteiger partial charge on any atom is 0.413 e. The van der Waals surface area contributed by atoms with Gasteiger partial charge in [-0.2, -0.15) is 0 Å². The van der Waals surface area contributed by atoms with E-state index in [1.165, 1.54) is 11.9 Å². The lowest BCUT2D eigenvalue weighted by Gasteiger charge is -2.43. The van der Waals surface area contributed by atoms with Crippen molar-refractivity contribution in [3.8, 4) is 0 Å². The third kappa shape index (κ3) is 6.45. The van der Waals surface area contributed by atoms with E-state index in [1.807, 2.05) is 0 Å². The molecule has 2 rings (SSSR count). The fraction of sp³-hybridized carbons (Fsp3) is 0.565. The van der Waals surface area contributed by atoms with Gasteiger partial charge in [-0.25, -0.2) is 4.79 Å². The molecule has 1 atom stereocenters. The summed E-state index contributed by atoms with van der Waals surface area (Å²) in [5.41, 5.74) is -1.34. The van der Waals surface area contributed by atoms with Crippen LogP contribution in [-0.4, -0.2) is 48.2 Å². The summed E-state index contributed by atoms with van der Waals surface area (Å²) in [7, 11) is 1.47. The zero-order valence-corrected chi connectivity index (χ0v) is 19.7. The van der Waals surface area contributed by atoms with Crippen LogP contribution in [-0.2, 0) is 34.1 Å². The monoisotopic (exact) mass is 467 g/mol. The van der Waals surface area contributed by atoms with E-state index < -0.39 is 36.0 Å². The molecule has 1 aromatic rings. The van der Waals surface area contributed by atoms with Crippen molar-refractivity contribution in [2.45, 2.75) is 70.4 Å². The smallest absolute Gasteiger partial charge is 0.413 e. The SMILES string of the molecule is CN(C(=O)OCOC(=O)CCC(=O)OC(C)(C)C)[C@]1(c2ccccc2Cl)CCCCC1=O. The Hall–Kier alpha value is -2.61. The Labute approximate surface area is 193 Å². The highest BCUT2D eigenvalue weighted by atomic mass is 35.5. The van der Waals surface area contributed by atoms with Crippen molar-refractivity contribution in [1.29, 1.82) is 0 Å². The van der Waals surface area contributed by atoms with E-state index in [9.17, 15) is 19.2 Å². The van der Waals surface area contributed by atoms with Crippen molar-refractivity contribution < 1.29 is 33.4 Å². The molecule has 176 valence electrons. The Balaban J connectivity index is 1.97. The van der Waals surface area contributed by atoms with E-state index in [0.717, 1.165) is 12.8 Å². The van der Waals surface area contributed by atoms with E-state index in [4.69, 9.17) is 25.8 Å². The first-order valence-corrected chi connectivity index (χ1v) is 10.9. The molecular formula is C23H30ClNO7. The molecule has 0 unspecified atom stereocenters. The largest absolute Gasteiger partial charge is 0.460 e. The summed E-state index contributed by atoms with van der Waals surface area (Å²) in [6.07, 6.45) is 1.05. The van der Waals surface area contributed by atoms with Crippen molar-refractivity contribution in [3.63, 3.8) is 0 Å².